The van der Waals surface area contributed by atoms with Gasteiger partial charge in [0.1, 0.15) is 0 Å². The lowest BCUT2D eigenvalue weighted by atomic mass is 10.1. The molecule has 6 nitrogen and oxygen atoms in total. The number of amides is 2. The number of aryl methyl sites for hydroxylation is 3. The fourth-order valence-electron chi connectivity index (χ4n) is 2.59. The zero-order chi connectivity index (χ0) is 17.1. The van der Waals surface area contributed by atoms with Gasteiger partial charge >= 0.3 is 6.03 Å². The number of carbonyl (C=O) groups excluding carboxylic acids is 1. The van der Waals surface area contributed by atoms with Crippen LogP contribution in [0.3, 0.4) is 0 Å². The fraction of sp³-hybridized carbons (Fsp3) is 0.562. The summed E-state index contributed by atoms with van der Waals surface area (Å²) in [6, 6.07) is -0.246. The van der Waals surface area contributed by atoms with Crippen LogP contribution in [0.25, 0.3) is 0 Å². The Bertz CT molecular complexity index is 691. The Morgan fingerprint density at radius 3 is 2.52 bits per heavy atom. The van der Waals surface area contributed by atoms with Gasteiger partial charge in [0.25, 0.3) is 0 Å². The number of urea groups is 1. The van der Waals surface area contributed by atoms with Gasteiger partial charge in [-0.05, 0) is 46.6 Å². The van der Waals surface area contributed by atoms with E-state index in [0.717, 1.165) is 28.5 Å². The Morgan fingerprint density at radius 2 is 2.00 bits per heavy atom. The van der Waals surface area contributed by atoms with E-state index >= 15 is 0 Å². The van der Waals surface area contributed by atoms with Crippen LogP contribution in [0.1, 0.15) is 47.5 Å². The number of nitrogens with one attached hydrogen (secondary N) is 2. The van der Waals surface area contributed by atoms with E-state index in [0.29, 0.717) is 0 Å². The number of carbonyl (C=O) groups is 1. The molecular formula is C16H25N5OS. The Balaban J connectivity index is 1.89. The molecule has 126 valence electrons. The second-order valence-electron chi connectivity index (χ2n) is 6.01. The first-order valence-electron chi connectivity index (χ1n) is 7.76. The van der Waals surface area contributed by atoms with E-state index in [2.05, 4.69) is 27.6 Å². The van der Waals surface area contributed by atoms with Crippen molar-refractivity contribution in [3.8, 4) is 0 Å². The first-order valence-corrected chi connectivity index (χ1v) is 8.64. The number of hydrogen-bond donors (Lipinski definition) is 2. The van der Waals surface area contributed by atoms with Gasteiger partial charge < -0.3 is 10.6 Å². The molecule has 7 heteroatoms. The molecule has 2 heterocycles. The van der Waals surface area contributed by atoms with Gasteiger partial charge in [0.2, 0.25) is 0 Å². The number of aromatic nitrogens is 3. The minimum absolute atomic E-state index is 0.0287. The van der Waals surface area contributed by atoms with Crippen LogP contribution in [0, 0.1) is 20.8 Å². The fourth-order valence-corrected chi connectivity index (χ4v) is 3.29. The number of hydrogen-bond acceptors (Lipinski definition) is 4. The molecule has 0 spiro atoms. The summed E-state index contributed by atoms with van der Waals surface area (Å²) in [7, 11) is 1.94. The molecule has 23 heavy (non-hydrogen) atoms. The summed E-state index contributed by atoms with van der Waals surface area (Å²) < 4.78 is 1.88. The third-order valence-corrected chi connectivity index (χ3v) is 4.77. The lowest BCUT2D eigenvalue weighted by molar-refractivity contribution is 0.234. The van der Waals surface area contributed by atoms with Crippen molar-refractivity contribution in [1.29, 1.82) is 0 Å². The first-order chi connectivity index (χ1) is 10.8. The minimum Gasteiger partial charge on any atom is -0.335 e. The van der Waals surface area contributed by atoms with Gasteiger partial charge in [0.15, 0.2) is 0 Å². The summed E-state index contributed by atoms with van der Waals surface area (Å²) >= 11 is 1.59. The summed E-state index contributed by atoms with van der Waals surface area (Å²) in [5, 5.41) is 13.3. The summed E-state index contributed by atoms with van der Waals surface area (Å²) in [5.74, 6) is 0. The highest BCUT2D eigenvalue weighted by Crippen LogP contribution is 2.16. The van der Waals surface area contributed by atoms with Crippen molar-refractivity contribution in [1.82, 2.24) is 25.4 Å². The van der Waals surface area contributed by atoms with Crippen molar-refractivity contribution in [2.24, 2.45) is 7.05 Å². The molecule has 0 aliphatic rings. The van der Waals surface area contributed by atoms with Crippen molar-refractivity contribution in [2.45, 2.75) is 53.1 Å². The Morgan fingerprint density at radius 1 is 1.30 bits per heavy atom. The minimum atomic E-state index is -0.171. The van der Waals surface area contributed by atoms with Crippen molar-refractivity contribution < 1.29 is 4.79 Å². The maximum Gasteiger partial charge on any atom is 0.315 e. The van der Waals surface area contributed by atoms with Gasteiger partial charge in [-0.15, -0.1) is 11.3 Å². The van der Waals surface area contributed by atoms with Crippen molar-refractivity contribution in [2.75, 3.05) is 0 Å². The molecule has 0 saturated heterocycles. The average Bonchev–Trinajstić information content (AvgIpc) is 2.98. The van der Waals surface area contributed by atoms with Gasteiger partial charge in [-0.3, -0.25) is 4.68 Å². The maximum atomic E-state index is 12.1. The van der Waals surface area contributed by atoms with Crippen LogP contribution < -0.4 is 10.6 Å². The first kappa shape index (κ1) is 17.5. The monoisotopic (exact) mass is 335 g/mol. The SMILES string of the molecule is Cc1nc([C@H](C)NC(=O)N[C@@H](C)Cc2c(C)nn(C)c2C)cs1. The van der Waals surface area contributed by atoms with E-state index in [1.54, 1.807) is 11.3 Å². The highest BCUT2D eigenvalue weighted by atomic mass is 32.1. The third kappa shape index (κ3) is 4.31. The molecule has 2 rings (SSSR count). The topological polar surface area (TPSA) is 71.8 Å². The Labute approximate surface area is 141 Å². The summed E-state index contributed by atoms with van der Waals surface area (Å²) in [5.41, 5.74) is 4.26. The van der Waals surface area contributed by atoms with Crippen molar-refractivity contribution in [3.63, 3.8) is 0 Å². The van der Waals surface area contributed by atoms with E-state index < -0.39 is 0 Å². The zero-order valence-electron chi connectivity index (χ0n) is 14.6. The maximum absolute atomic E-state index is 12.1. The molecular weight excluding hydrogens is 310 g/mol. The molecule has 0 saturated carbocycles. The largest absolute Gasteiger partial charge is 0.335 e. The van der Waals surface area contributed by atoms with Crippen LogP contribution in [-0.2, 0) is 13.5 Å². The third-order valence-electron chi connectivity index (χ3n) is 3.97. The number of thiazole rings is 1. The molecule has 0 fully saturated rings. The quantitative estimate of drug-likeness (QED) is 0.882. The number of rotatable bonds is 5. The Hall–Kier alpha value is -1.89. The van der Waals surface area contributed by atoms with E-state index in [4.69, 9.17) is 0 Å². The Kier molecular flexibility index (Phi) is 5.41. The van der Waals surface area contributed by atoms with Gasteiger partial charge in [-0.2, -0.15) is 5.10 Å². The standard InChI is InChI=1S/C16H25N5OS/c1-9(7-14-10(2)20-21(6)12(14)4)17-16(22)18-11(3)15-8-23-13(5)19-15/h8-9,11H,7H2,1-6H3,(H2,17,18,22)/t9-,11-/m0/s1. The van der Waals surface area contributed by atoms with Gasteiger partial charge in [-0.1, -0.05) is 0 Å². The van der Waals surface area contributed by atoms with Crippen molar-refractivity contribution in [3.05, 3.63) is 33.0 Å². The van der Waals surface area contributed by atoms with Crippen LogP contribution in [0.2, 0.25) is 0 Å². The molecule has 0 aliphatic heterocycles. The summed E-state index contributed by atoms with van der Waals surface area (Å²) in [6.07, 6.45) is 0.767. The molecule has 2 aromatic rings. The highest BCUT2D eigenvalue weighted by molar-refractivity contribution is 7.09. The number of nitrogens with zero attached hydrogens (tertiary/aromatic N) is 3. The molecule has 2 amide bonds. The lowest BCUT2D eigenvalue weighted by Gasteiger charge is -2.17. The molecule has 2 aromatic heterocycles. The molecule has 0 radical (unpaired) electrons. The van der Waals surface area contributed by atoms with E-state index in [1.807, 2.05) is 44.8 Å². The average molecular weight is 335 g/mol. The molecule has 0 bridgehead atoms. The second-order valence-corrected chi connectivity index (χ2v) is 7.07. The molecule has 2 N–H and O–H groups in total. The van der Waals surface area contributed by atoms with E-state index in [-0.39, 0.29) is 18.1 Å². The lowest BCUT2D eigenvalue weighted by Crippen LogP contribution is -2.42. The van der Waals surface area contributed by atoms with Crippen LogP contribution in [0.4, 0.5) is 4.79 Å². The van der Waals surface area contributed by atoms with Crippen LogP contribution in [0.5, 0.6) is 0 Å². The molecule has 0 aromatic carbocycles. The van der Waals surface area contributed by atoms with Gasteiger partial charge in [0.05, 0.1) is 22.4 Å². The zero-order valence-corrected chi connectivity index (χ0v) is 15.4. The predicted molar refractivity (Wildman–Crippen MR) is 92.8 cm³/mol. The normalized spacial score (nSPS) is 13.7. The summed E-state index contributed by atoms with van der Waals surface area (Å²) in [6.45, 7) is 9.95. The van der Waals surface area contributed by atoms with Crippen LogP contribution in [-0.4, -0.2) is 26.8 Å². The van der Waals surface area contributed by atoms with Crippen molar-refractivity contribution >= 4 is 17.4 Å². The summed E-state index contributed by atoms with van der Waals surface area (Å²) in [4.78, 5) is 16.5. The molecule has 0 unspecified atom stereocenters. The highest BCUT2D eigenvalue weighted by Gasteiger charge is 2.16. The van der Waals surface area contributed by atoms with E-state index in [9.17, 15) is 4.79 Å². The van der Waals surface area contributed by atoms with Crippen LogP contribution >= 0.6 is 11.3 Å². The predicted octanol–water partition coefficient (Wildman–Crippen LogP) is 2.79. The second kappa shape index (κ2) is 7.12. The van der Waals surface area contributed by atoms with Crippen LogP contribution in [0.15, 0.2) is 5.38 Å². The van der Waals surface area contributed by atoms with Gasteiger partial charge in [-0.25, -0.2) is 9.78 Å². The van der Waals surface area contributed by atoms with E-state index in [1.165, 1.54) is 5.56 Å². The molecule has 0 aliphatic carbocycles. The smallest absolute Gasteiger partial charge is 0.315 e. The molecule has 2 atom stereocenters. The van der Waals surface area contributed by atoms with Gasteiger partial charge in [0, 0.05) is 24.2 Å².